The average Bonchev–Trinajstić information content (AvgIpc) is 3.33. The van der Waals surface area contributed by atoms with E-state index in [0.717, 1.165) is 61.2 Å². The summed E-state index contributed by atoms with van der Waals surface area (Å²) in [5.41, 5.74) is 2.85. The van der Waals surface area contributed by atoms with E-state index in [9.17, 15) is 4.39 Å². The molecule has 164 valence electrons. The predicted molar refractivity (Wildman–Crippen MR) is 125 cm³/mol. The minimum Gasteiger partial charge on any atom is -0.373 e. The average molecular weight is 441 g/mol. The lowest BCUT2D eigenvalue weighted by Crippen LogP contribution is -2.52. The number of hydrogen-bond donors (Lipinski definition) is 1. The first-order valence-electron chi connectivity index (χ1n) is 11.4. The number of ether oxygens (including phenoxy) is 1. The molecule has 1 saturated carbocycles. The van der Waals surface area contributed by atoms with Crippen molar-refractivity contribution in [2.75, 3.05) is 57.3 Å². The molecule has 1 unspecified atom stereocenters. The number of nitrogens with zero attached hydrogens (tertiary/aromatic N) is 3. The summed E-state index contributed by atoms with van der Waals surface area (Å²) in [7, 11) is 0. The van der Waals surface area contributed by atoms with Gasteiger partial charge in [-0.05, 0) is 37.1 Å². The molecule has 3 aromatic rings. The van der Waals surface area contributed by atoms with E-state index >= 15 is 0 Å². The highest BCUT2D eigenvalue weighted by molar-refractivity contribution is 7.14. The van der Waals surface area contributed by atoms with Crippen LogP contribution in [0.3, 0.4) is 0 Å². The van der Waals surface area contributed by atoms with Crippen molar-refractivity contribution in [2.45, 2.75) is 25.0 Å². The Morgan fingerprint density at radius 3 is 2.81 bits per heavy atom. The minimum atomic E-state index is -0.161. The lowest BCUT2D eigenvalue weighted by Gasteiger charge is -2.39. The summed E-state index contributed by atoms with van der Waals surface area (Å²) in [4.78, 5) is 11.8. The molecule has 2 aromatic heterocycles. The Balaban J connectivity index is 1.13. The topological polar surface area (TPSA) is 34.7 Å². The van der Waals surface area contributed by atoms with E-state index in [0.29, 0.717) is 5.56 Å². The van der Waals surface area contributed by atoms with Crippen LogP contribution in [0.2, 0.25) is 0 Å². The van der Waals surface area contributed by atoms with E-state index < -0.39 is 0 Å². The lowest BCUT2D eigenvalue weighted by atomic mass is 10.1. The Morgan fingerprint density at radius 2 is 1.97 bits per heavy atom. The molecule has 1 aromatic carbocycles. The van der Waals surface area contributed by atoms with E-state index in [1.807, 2.05) is 12.3 Å². The quantitative estimate of drug-likeness (QED) is 0.650. The van der Waals surface area contributed by atoms with Gasteiger partial charge in [0.25, 0.3) is 0 Å². The van der Waals surface area contributed by atoms with E-state index in [2.05, 4.69) is 31.1 Å². The molecular formula is C24H29FN4OS. The van der Waals surface area contributed by atoms with Gasteiger partial charge in [-0.25, -0.2) is 4.39 Å². The van der Waals surface area contributed by atoms with Crippen molar-refractivity contribution >= 4 is 27.9 Å². The summed E-state index contributed by atoms with van der Waals surface area (Å²) in [5.74, 6) is -0.161. The monoisotopic (exact) mass is 440 g/mol. The number of H-pyrrole nitrogens is 1. The third kappa shape index (κ3) is 4.00. The Bertz CT molecular complexity index is 1050. The van der Waals surface area contributed by atoms with Crippen molar-refractivity contribution in [2.24, 2.45) is 0 Å². The molecule has 0 bridgehead atoms. The molecule has 0 amide bonds. The van der Waals surface area contributed by atoms with Crippen LogP contribution in [-0.4, -0.2) is 79.3 Å². The number of anilines is 1. The fourth-order valence-electron chi connectivity index (χ4n) is 5.08. The van der Waals surface area contributed by atoms with Crippen molar-refractivity contribution < 1.29 is 9.13 Å². The molecule has 4 heterocycles. The maximum Gasteiger partial charge on any atom is 0.132 e. The Morgan fingerprint density at radius 1 is 1.10 bits per heavy atom. The second-order valence-corrected chi connectivity index (χ2v) is 9.95. The molecule has 1 atom stereocenters. The largest absolute Gasteiger partial charge is 0.373 e. The number of piperazine rings is 1. The zero-order chi connectivity index (χ0) is 20.8. The maximum absolute atomic E-state index is 14.7. The summed E-state index contributed by atoms with van der Waals surface area (Å²) in [6.07, 6.45) is 4.89. The van der Waals surface area contributed by atoms with Gasteiger partial charge in [0, 0.05) is 90.5 Å². The molecule has 5 nitrogen and oxygen atoms in total. The summed E-state index contributed by atoms with van der Waals surface area (Å²) in [6.45, 7) is 8.24. The molecular weight excluding hydrogens is 411 g/mol. The van der Waals surface area contributed by atoms with Crippen LogP contribution in [0.4, 0.5) is 10.1 Å². The minimum absolute atomic E-state index is 0.161. The number of benzene rings is 1. The molecule has 7 heteroatoms. The molecule has 0 spiro atoms. The SMILES string of the molecule is Fc1ccc2[nH]ccc2c1-c1cc(N2CCOC(CN3CCN(C4CC4)CC3)C2)cs1. The molecule has 1 aliphatic carbocycles. The smallest absolute Gasteiger partial charge is 0.132 e. The predicted octanol–water partition coefficient (Wildman–Crippen LogP) is 4.02. The van der Waals surface area contributed by atoms with Gasteiger partial charge < -0.3 is 14.6 Å². The fraction of sp³-hybridized carbons (Fsp3) is 0.500. The van der Waals surface area contributed by atoms with Crippen LogP contribution in [0, 0.1) is 5.82 Å². The van der Waals surface area contributed by atoms with Gasteiger partial charge >= 0.3 is 0 Å². The number of nitrogens with one attached hydrogen (secondary N) is 1. The number of thiophene rings is 1. The molecule has 3 fully saturated rings. The number of aromatic amines is 1. The van der Waals surface area contributed by atoms with Crippen LogP contribution in [-0.2, 0) is 4.74 Å². The third-order valence-electron chi connectivity index (χ3n) is 6.95. The first-order chi connectivity index (χ1) is 15.2. The summed E-state index contributed by atoms with van der Waals surface area (Å²) in [5, 5.41) is 3.11. The zero-order valence-corrected chi connectivity index (χ0v) is 18.5. The van der Waals surface area contributed by atoms with Crippen LogP contribution in [0.5, 0.6) is 0 Å². The van der Waals surface area contributed by atoms with E-state index in [1.54, 1.807) is 23.5 Å². The Labute approximate surface area is 186 Å². The van der Waals surface area contributed by atoms with Crippen molar-refractivity contribution in [3.63, 3.8) is 0 Å². The van der Waals surface area contributed by atoms with Gasteiger partial charge in [-0.3, -0.25) is 9.80 Å². The molecule has 3 aliphatic rings. The molecule has 31 heavy (non-hydrogen) atoms. The van der Waals surface area contributed by atoms with Crippen molar-refractivity contribution in [1.82, 2.24) is 14.8 Å². The fourth-order valence-corrected chi connectivity index (χ4v) is 6.06. The highest BCUT2D eigenvalue weighted by atomic mass is 32.1. The van der Waals surface area contributed by atoms with E-state index in [1.165, 1.54) is 31.6 Å². The van der Waals surface area contributed by atoms with Gasteiger partial charge in [0.15, 0.2) is 0 Å². The number of halogens is 1. The van der Waals surface area contributed by atoms with Gasteiger partial charge in [-0.1, -0.05) is 0 Å². The zero-order valence-electron chi connectivity index (χ0n) is 17.7. The lowest BCUT2D eigenvalue weighted by molar-refractivity contribution is 0.00422. The van der Waals surface area contributed by atoms with Gasteiger partial charge in [0.2, 0.25) is 0 Å². The number of hydrogen-bond acceptors (Lipinski definition) is 5. The maximum atomic E-state index is 14.7. The second-order valence-electron chi connectivity index (χ2n) is 9.04. The standard InChI is InChI=1S/C24H29FN4OS/c25-21-3-4-22-20(5-6-26-22)24(21)23-13-18(16-31-23)29-11-12-30-19(15-29)14-27-7-9-28(10-8-27)17-1-2-17/h3-6,13,16-17,19,26H,1-2,7-12,14-15H2. The highest BCUT2D eigenvalue weighted by Gasteiger charge is 2.32. The van der Waals surface area contributed by atoms with Crippen molar-refractivity contribution in [3.8, 4) is 10.4 Å². The van der Waals surface area contributed by atoms with E-state index in [4.69, 9.17) is 4.74 Å². The first-order valence-corrected chi connectivity index (χ1v) is 12.3. The van der Waals surface area contributed by atoms with Gasteiger partial charge in [0.05, 0.1) is 12.7 Å². The number of fused-ring (bicyclic) bond motifs is 1. The summed E-state index contributed by atoms with van der Waals surface area (Å²) in [6, 6.07) is 8.34. The highest BCUT2D eigenvalue weighted by Crippen LogP contribution is 2.38. The number of morpholine rings is 1. The molecule has 2 aliphatic heterocycles. The Hall–Kier alpha value is -1.93. The van der Waals surface area contributed by atoms with E-state index in [-0.39, 0.29) is 11.9 Å². The molecule has 0 radical (unpaired) electrons. The van der Waals surface area contributed by atoms with Crippen molar-refractivity contribution in [1.29, 1.82) is 0 Å². The van der Waals surface area contributed by atoms with Crippen LogP contribution in [0.25, 0.3) is 21.3 Å². The van der Waals surface area contributed by atoms with Crippen molar-refractivity contribution in [3.05, 3.63) is 41.7 Å². The summed E-state index contributed by atoms with van der Waals surface area (Å²) < 4.78 is 20.8. The molecule has 6 rings (SSSR count). The second kappa shape index (κ2) is 8.20. The van der Waals surface area contributed by atoms with Gasteiger partial charge in [0.1, 0.15) is 5.82 Å². The van der Waals surface area contributed by atoms with Gasteiger partial charge in [-0.15, -0.1) is 11.3 Å². The molecule has 1 N–H and O–H groups in total. The van der Waals surface area contributed by atoms with Gasteiger partial charge in [-0.2, -0.15) is 0 Å². The number of rotatable bonds is 5. The van der Waals surface area contributed by atoms with Crippen LogP contribution in [0.15, 0.2) is 35.8 Å². The van der Waals surface area contributed by atoms with Crippen LogP contribution in [0.1, 0.15) is 12.8 Å². The van der Waals surface area contributed by atoms with Crippen LogP contribution < -0.4 is 4.90 Å². The normalized spacial score (nSPS) is 23.6. The first kappa shape index (κ1) is 19.7. The van der Waals surface area contributed by atoms with Crippen LogP contribution >= 0.6 is 11.3 Å². The Kier molecular flexibility index (Phi) is 5.22. The molecule has 2 saturated heterocycles. The third-order valence-corrected chi connectivity index (χ3v) is 7.89. The number of aromatic nitrogens is 1. The summed E-state index contributed by atoms with van der Waals surface area (Å²) >= 11 is 1.62.